The average Bonchev–Trinajstić information content (AvgIpc) is 3.63. The molecule has 0 radical (unpaired) electrons. The molecule has 3 unspecified atom stereocenters. The third-order valence-corrected chi connectivity index (χ3v) is 7.64. The number of hydrogen-bond acceptors (Lipinski definition) is 9. The number of aromatic nitrogens is 2. The molecule has 7 N–H and O–H groups in total. The van der Waals surface area contributed by atoms with Crippen LogP contribution in [-0.2, 0) is 38.1 Å². The van der Waals surface area contributed by atoms with Gasteiger partial charge in [-0.3, -0.25) is 19.8 Å². The SMILES string of the molecule is CCOC(=O)CNC(=O)C(NC)C(C)(C(=O)C1C=CCN1)c1ccc2c(c1)nc(CNc1ccc(C(=N)N)cc1)n2C. The number of ketones is 1. The summed E-state index contributed by atoms with van der Waals surface area (Å²) < 4.78 is 6.91. The van der Waals surface area contributed by atoms with Crippen LogP contribution in [0, 0.1) is 5.41 Å². The molecule has 1 amide bonds. The fourth-order valence-electron chi connectivity index (χ4n) is 5.26. The van der Waals surface area contributed by atoms with Gasteiger partial charge in [0.05, 0.1) is 35.6 Å². The zero-order valence-corrected chi connectivity index (χ0v) is 24.3. The van der Waals surface area contributed by atoms with Crippen LogP contribution in [0.4, 0.5) is 5.69 Å². The van der Waals surface area contributed by atoms with Crippen LogP contribution in [0.1, 0.15) is 30.8 Å². The molecular weight excluding hydrogens is 536 g/mol. The number of Topliss-reactive ketones (excluding diaryl/α,β-unsaturated/α-hetero) is 1. The van der Waals surface area contributed by atoms with E-state index in [2.05, 4.69) is 21.3 Å². The van der Waals surface area contributed by atoms with E-state index in [1.165, 1.54) is 0 Å². The monoisotopic (exact) mass is 574 g/mol. The normalized spacial score (nSPS) is 16.5. The largest absolute Gasteiger partial charge is 0.465 e. The highest BCUT2D eigenvalue weighted by atomic mass is 16.5. The van der Waals surface area contributed by atoms with Crippen molar-refractivity contribution >= 4 is 40.2 Å². The van der Waals surface area contributed by atoms with Gasteiger partial charge in [-0.05, 0) is 62.9 Å². The number of benzene rings is 2. The summed E-state index contributed by atoms with van der Waals surface area (Å²) in [7, 11) is 3.53. The molecule has 12 heteroatoms. The number of carbonyl (C=O) groups excluding carboxylic acids is 3. The van der Waals surface area contributed by atoms with E-state index < -0.39 is 29.4 Å². The summed E-state index contributed by atoms with van der Waals surface area (Å²) in [6.07, 6.45) is 3.68. The first-order valence-corrected chi connectivity index (χ1v) is 13.8. The Kier molecular flexibility index (Phi) is 9.38. The minimum Gasteiger partial charge on any atom is -0.465 e. The van der Waals surface area contributed by atoms with E-state index >= 15 is 0 Å². The number of hydrogen-bond donors (Lipinski definition) is 6. The number of anilines is 1. The molecule has 222 valence electrons. The van der Waals surface area contributed by atoms with Crippen molar-refractivity contribution in [1.29, 1.82) is 5.41 Å². The molecule has 0 aliphatic carbocycles. The minimum atomic E-state index is -1.32. The quantitative estimate of drug-likeness (QED) is 0.0755. The maximum absolute atomic E-state index is 14.1. The third-order valence-electron chi connectivity index (χ3n) is 7.64. The number of nitrogens with zero attached hydrogens (tertiary/aromatic N) is 2. The number of ether oxygens (including phenoxy) is 1. The number of esters is 1. The van der Waals surface area contributed by atoms with Gasteiger partial charge >= 0.3 is 5.97 Å². The molecular formula is C30H38N8O4. The van der Waals surface area contributed by atoms with Crippen LogP contribution in [0.3, 0.4) is 0 Å². The van der Waals surface area contributed by atoms with Crippen LogP contribution >= 0.6 is 0 Å². The van der Waals surface area contributed by atoms with Gasteiger partial charge in [0.25, 0.3) is 0 Å². The Morgan fingerprint density at radius 2 is 1.98 bits per heavy atom. The van der Waals surface area contributed by atoms with E-state index in [0.717, 1.165) is 17.0 Å². The lowest BCUT2D eigenvalue weighted by molar-refractivity contribution is -0.144. The zero-order chi connectivity index (χ0) is 30.4. The predicted molar refractivity (Wildman–Crippen MR) is 161 cm³/mol. The Morgan fingerprint density at radius 1 is 1.24 bits per heavy atom. The molecule has 1 aliphatic rings. The fraction of sp³-hybridized carbons (Fsp3) is 0.367. The van der Waals surface area contributed by atoms with Crippen molar-refractivity contribution in [2.24, 2.45) is 12.8 Å². The maximum atomic E-state index is 14.1. The number of nitrogens with two attached hydrogens (primary N) is 1. The lowest BCUT2D eigenvalue weighted by Crippen LogP contribution is -2.61. The molecule has 0 fully saturated rings. The van der Waals surface area contributed by atoms with Gasteiger partial charge in [-0.25, -0.2) is 4.98 Å². The topological polar surface area (TPSA) is 176 Å². The van der Waals surface area contributed by atoms with Gasteiger partial charge < -0.3 is 36.3 Å². The molecule has 0 saturated carbocycles. The molecule has 0 spiro atoms. The number of rotatable bonds is 13. The van der Waals surface area contributed by atoms with Crippen LogP contribution in [-0.4, -0.2) is 71.9 Å². The van der Waals surface area contributed by atoms with Gasteiger partial charge in [-0.15, -0.1) is 0 Å². The number of likely N-dealkylation sites (N-methyl/N-ethyl adjacent to an activating group) is 1. The van der Waals surface area contributed by atoms with Gasteiger partial charge in [-0.1, -0.05) is 18.2 Å². The van der Waals surface area contributed by atoms with Gasteiger partial charge in [-0.2, -0.15) is 0 Å². The highest BCUT2D eigenvalue weighted by Gasteiger charge is 2.48. The second-order valence-electron chi connectivity index (χ2n) is 10.3. The Labute approximate surface area is 244 Å². The average molecular weight is 575 g/mol. The summed E-state index contributed by atoms with van der Waals surface area (Å²) in [6.45, 7) is 4.32. The Morgan fingerprint density at radius 3 is 2.60 bits per heavy atom. The minimum absolute atomic E-state index is 0.00918. The Hall–Kier alpha value is -4.55. The summed E-state index contributed by atoms with van der Waals surface area (Å²) in [6, 6.07) is 11.3. The number of amidine groups is 1. The van der Waals surface area contributed by atoms with Crippen LogP contribution in [0.5, 0.6) is 0 Å². The first-order chi connectivity index (χ1) is 20.1. The molecule has 2 aromatic carbocycles. The zero-order valence-electron chi connectivity index (χ0n) is 24.3. The standard InChI is InChI=1S/C30H38N8O4/c1-5-42-25(39)17-36-29(41)26(33-3)30(2,27(40)21-7-6-14-34-21)19-10-13-23-22(15-19)37-24(38(23)4)16-35-20-11-8-18(9-12-20)28(31)32/h6-13,15,21,26,33-35H,5,14,16-17H2,1-4H3,(H3,31,32)(H,36,41). The fourth-order valence-corrected chi connectivity index (χ4v) is 5.26. The van der Waals surface area contributed by atoms with E-state index in [1.807, 2.05) is 48.0 Å². The number of imidazole rings is 1. The molecule has 2 heterocycles. The molecule has 3 aromatic rings. The van der Waals surface area contributed by atoms with Crippen molar-refractivity contribution in [3.8, 4) is 0 Å². The number of amides is 1. The molecule has 42 heavy (non-hydrogen) atoms. The van der Waals surface area contributed by atoms with E-state index in [-0.39, 0.29) is 24.8 Å². The lowest BCUT2D eigenvalue weighted by Gasteiger charge is -2.37. The van der Waals surface area contributed by atoms with E-state index in [1.54, 1.807) is 39.1 Å². The number of carbonyl (C=O) groups is 3. The third kappa shape index (κ3) is 6.19. The van der Waals surface area contributed by atoms with E-state index in [4.69, 9.17) is 20.9 Å². The van der Waals surface area contributed by atoms with Crippen molar-refractivity contribution in [2.45, 2.75) is 37.9 Å². The van der Waals surface area contributed by atoms with Crippen molar-refractivity contribution in [2.75, 3.05) is 32.1 Å². The summed E-state index contributed by atoms with van der Waals surface area (Å²) in [4.78, 5) is 44.2. The van der Waals surface area contributed by atoms with Crippen LogP contribution in [0.15, 0.2) is 54.6 Å². The lowest BCUT2D eigenvalue weighted by atomic mass is 9.70. The number of aryl methyl sites for hydroxylation is 1. The summed E-state index contributed by atoms with van der Waals surface area (Å²) in [5.74, 6) is -0.461. The molecule has 0 bridgehead atoms. The van der Waals surface area contributed by atoms with Crippen LogP contribution in [0.25, 0.3) is 11.0 Å². The molecule has 3 atom stereocenters. The first kappa shape index (κ1) is 30.4. The van der Waals surface area contributed by atoms with Gasteiger partial charge in [0.15, 0.2) is 5.78 Å². The number of fused-ring (bicyclic) bond motifs is 1. The Bertz CT molecular complexity index is 1510. The van der Waals surface area contributed by atoms with E-state index in [9.17, 15) is 14.4 Å². The first-order valence-electron chi connectivity index (χ1n) is 13.8. The van der Waals surface area contributed by atoms with Gasteiger partial charge in [0.1, 0.15) is 24.2 Å². The van der Waals surface area contributed by atoms with Crippen LogP contribution in [0.2, 0.25) is 0 Å². The second kappa shape index (κ2) is 13.0. The highest BCUT2D eigenvalue weighted by Crippen LogP contribution is 2.33. The maximum Gasteiger partial charge on any atom is 0.325 e. The number of nitrogen functional groups attached to an aromatic ring is 1. The van der Waals surface area contributed by atoms with Gasteiger partial charge in [0.2, 0.25) is 5.91 Å². The van der Waals surface area contributed by atoms with Crippen molar-refractivity contribution in [3.63, 3.8) is 0 Å². The summed E-state index contributed by atoms with van der Waals surface area (Å²) in [5.41, 5.74) is 7.89. The van der Waals surface area contributed by atoms with Crippen molar-refractivity contribution in [1.82, 2.24) is 25.5 Å². The molecule has 1 aromatic heterocycles. The molecule has 1 aliphatic heterocycles. The highest BCUT2D eigenvalue weighted by molar-refractivity contribution is 6.03. The smallest absolute Gasteiger partial charge is 0.325 e. The Balaban J connectivity index is 1.65. The van der Waals surface area contributed by atoms with Crippen LogP contribution < -0.4 is 27.0 Å². The molecule has 4 rings (SSSR count). The molecule has 12 nitrogen and oxygen atoms in total. The van der Waals surface area contributed by atoms with Crippen molar-refractivity contribution < 1.29 is 19.1 Å². The van der Waals surface area contributed by atoms with E-state index in [0.29, 0.717) is 29.7 Å². The van der Waals surface area contributed by atoms with Gasteiger partial charge in [0, 0.05) is 24.8 Å². The summed E-state index contributed by atoms with van der Waals surface area (Å²) >= 11 is 0. The molecule has 0 saturated heterocycles. The second-order valence-corrected chi connectivity index (χ2v) is 10.3. The summed E-state index contributed by atoms with van der Waals surface area (Å²) in [5, 5.41) is 19.7. The van der Waals surface area contributed by atoms with Crippen molar-refractivity contribution in [3.05, 3.63) is 71.6 Å². The predicted octanol–water partition coefficient (Wildman–Crippen LogP) is 1.09. The number of nitrogens with one attached hydrogen (secondary N) is 5.